The zero-order chi connectivity index (χ0) is 29.1. The van der Waals surface area contributed by atoms with Crippen LogP contribution in [0.4, 0.5) is 24.7 Å². The van der Waals surface area contributed by atoms with Crippen LogP contribution in [0.2, 0.25) is 5.02 Å². The number of amides is 3. The number of nitrogens with one attached hydrogen (secondary N) is 2. The fourth-order valence-corrected chi connectivity index (χ4v) is 4.52. The maximum atomic E-state index is 13.7. The average molecular weight is 580 g/mol. The first-order chi connectivity index (χ1) is 19.6. The molecule has 0 aliphatic carbocycles. The zero-order valence-electron chi connectivity index (χ0n) is 21.2. The van der Waals surface area contributed by atoms with Crippen LogP contribution in [0.25, 0.3) is 0 Å². The Labute approximate surface area is 237 Å². The number of carbonyl (C=O) groups excluding carboxylic acids is 3. The highest BCUT2D eigenvalue weighted by molar-refractivity contribution is 6.31. The Bertz CT molecular complexity index is 1600. The van der Waals surface area contributed by atoms with Crippen molar-refractivity contribution in [2.45, 2.75) is 25.2 Å². The van der Waals surface area contributed by atoms with Crippen LogP contribution in [0.1, 0.15) is 37.5 Å². The first-order valence-electron chi connectivity index (χ1n) is 12.3. The predicted octanol–water partition coefficient (Wildman–Crippen LogP) is 5.61. The third-order valence-electron chi connectivity index (χ3n) is 6.44. The van der Waals surface area contributed by atoms with E-state index in [4.69, 9.17) is 11.6 Å². The third kappa shape index (κ3) is 6.36. The average Bonchev–Trinajstić information content (AvgIpc) is 3.03. The van der Waals surface area contributed by atoms with E-state index in [1.54, 1.807) is 48.7 Å². The summed E-state index contributed by atoms with van der Waals surface area (Å²) in [6, 6.07) is 17.2. The minimum absolute atomic E-state index is 0.0376. The number of benzene rings is 2. The summed E-state index contributed by atoms with van der Waals surface area (Å²) >= 11 is 6.11. The number of hydrogen-bond donors (Lipinski definition) is 2. The van der Waals surface area contributed by atoms with E-state index < -0.39 is 29.6 Å². The summed E-state index contributed by atoms with van der Waals surface area (Å²) in [5, 5.41) is 5.63. The molecule has 3 heterocycles. The van der Waals surface area contributed by atoms with Gasteiger partial charge in [0.1, 0.15) is 11.9 Å². The maximum absolute atomic E-state index is 13.7. The van der Waals surface area contributed by atoms with Crippen LogP contribution in [-0.4, -0.2) is 38.6 Å². The number of aromatic nitrogens is 2. The summed E-state index contributed by atoms with van der Waals surface area (Å²) in [5.74, 6) is -1.39. The lowest BCUT2D eigenvalue weighted by Gasteiger charge is -2.28. The fraction of sp³-hybridized carbons (Fsp3) is 0.138. The van der Waals surface area contributed by atoms with Gasteiger partial charge in [-0.3, -0.25) is 19.4 Å². The van der Waals surface area contributed by atoms with Crippen molar-refractivity contribution in [3.05, 3.63) is 118 Å². The number of anilines is 2. The maximum Gasteiger partial charge on any atom is 0.417 e. The van der Waals surface area contributed by atoms with Crippen LogP contribution in [0.5, 0.6) is 0 Å². The molecular weight excluding hydrogens is 559 g/mol. The Morgan fingerprint density at radius 1 is 1.00 bits per heavy atom. The monoisotopic (exact) mass is 579 g/mol. The molecule has 0 saturated carbocycles. The van der Waals surface area contributed by atoms with Gasteiger partial charge in [-0.1, -0.05) is 29.8 Å². The van der Waals surface area contributed by atoms with Gasteiger partial charge in [-0.2, -0.15) is 13.2 Å². The number of fused-ring (bicyclic) bond motifs is 1. The molecule has 1 aliphatic rings. The number of rotatable bonds is 6. The van der Waals surface area contributed by atoms with E-state index in [1.807, 2.05) is 0 Å². The third-order valence-corrected chi connectivity index (χ3v) is 6.67. The molecular formula is C29H21ClF3N5O3. The van der Waals surface area contributed by atoms with Crippen molar-refractivity contribution in [2.75, 3.05) is 10.6 Å². The van der Waals surface area contributed by atoms with Gasteiger partial charge < -0.3 is 15.5 Å². The van der Waals surface area contributed by atoms with E-state index in [0.717, 1.165) is 12.1 Å². The number of halogens is 4. The second-order valence-electron chi connectivity index (χ2n) is 9.23. The van der Waals surface area contributed by atoms with E-state index in [-0.39, 0.29) is 35.8 Å². The van der Waals surface area contributed by atoms with Crippen molar-refractivity contribution in [3.8, 4) is 0 Å². The van der Waals surface area contributed by atoms with Crippen molar-refractivity contribution in [3.63, 3.8) is 0 Å². The summed E-state index contributed by atoms with van der Waals surface area (Å²) in [6.45, 7) is 0.0498. The molecule has 0 bridgehead atoms. The molecule has 41 heavy (non-hydrogen) atoms. The molecule has 3 amide bonds. The lowest BCUT2D eigenvalue weighted by Crippen LogP contribution is -2.46. The van der Waals surface area contributed by atoms with Crippen LogP contribution in [-0.2, 0) is 23.9 Å². The van der Waals surface area contributed by atoms with E-state index in [2.05, 4.69) is 20.6 Å². The van der Waals surface area contributed by atoms with E-state index in [1.165, 1.54) is 23.1 Å². The van der Waals surface area contributed by atoms with E-state index >= 15 is 0 Å². The number of carbonyl (C=O) groups is 3. The fourth-order valence-electron chi connectivity index (χ4n) is 4.34. The minimum Gasteiger partial charge on any atom is -0.323 e. The minimum atomic E-state index is -4.54. The van der Waals surface area contributed by atoms with Gasteiger partial charge in [-0.25, -0.2) is 4.98 Å². The molecule has 8 nitrogen and oxygen atoms in total. The van der Waals surface area contributed by atoms with Gasteiger partial charge >= 0.3 is 6.18 Å². The number of pyridine rings is 2. The standard InChI is InChI=1S/C29H21ClF3N5O3/c30-20-9-10-22-23(13-20)36-27(40)24(14-21-3-1-2-12-34-21)38(28(22)41)16-17-4-6-18(7-5-17)26(39)37-25-11-8-19(15-35-25)29(31,32)33/h1-13,15,24H,14,16H2,(H,36,40)(H,35,37,39). The van der Waals surface area contributed by atoms with Crippen LogP contribution in [0.3, 0.4) is 0 Å². The van der Waals surface area contributed by atoms with Crippen LogP contribution in [0, 0.1) is 0 Å². The van der Waals surface area contributed by atoms with Gasteiger partial charge in [0.2, 0.25) is 5.91 Å². The Morgan fingerprint density at radius 3 is 2.44 bits per heavy atom. The first-order valence-corrected chi connectivity index (χ1v) is 12.7. The Hall–Kier alpha value is -4.77. The van der Waals surface area contributed by atoms with E-state index in [0.29, 0.717) is 28.2 Å². The van der Waals surface area contributed by atoms with Gasteiger partial charge in [0, 0.05) is 41.6 Å². The lowest BCUT2D eigenvalue weighted by molar-refractivity contribution is -0.137. The molecule has 0 spiro atoms. The number of hydrogen-bond acceptors (Lipinski definition) is 5. The van der Waals surface area contributed by atoms with Crippen LogP contribution in [0.15, 0.2) is 85.2 Å². The summed E-state index contributed by atoms with van der Waals surface area (Å²) < 4.78 is 38.3. The highest BCUT2D eigenvalue weighted by Crippen LogP contribution is 2.30. The van der Waals surface area contributed by atoms with E-state index in [9.17, 15) is 27.6 Å². The van der Waals surface area contributed by atoms with Crippen molar-refractivity contribution in [2.24, 2.45) is 0 Å². The molecule has 2 N–H and O–H groups in total. The quantitative estimate of drug-likeness (QED) is 0.309. The molecule has 1 aliphatic heterocycles. The van der Waals surface area contributed by atoms with Crippen molar-refractivity contribution in [1.82, 2.24) is 14.9 Å². The SMILES string of the molecule is O=C(Nc1ccc(C(F)(F)F)cn1)c1ccc(CN2C(=O)c3ccc(Cl)cc3NC(=O)C2Cc2ccccn2)cc1. The van der Waals surface area contributed by atoms with Gasteiger partial charge in [-0.05, 0) is 60.2 Å². The summed E-state index contributed by atoms with van der Waals surface area (Å²) in [6.07, 6.45) is -2.12. The number of nitrogens with zero attached hydrogens (tertiary/aromatic N) is 3. The van der Waals surface area contributed by atoms with Crippen molar-refractivity contribution in [1.29, 1.82) is 0 Å². The lowest BCUT2D eigenvalue weighted by atomic mass is 10.0. The highest BCUT2D eigenvalue weighted by Gasteiger charge is 2.36. The van der Waals surface area contributed by atoms with Gasteiger partial charge in [0.05, 0.1) is 16.8 Å². The molecule has 0 radical (unpaired) electrons. The molecule has 0 saturated heterocycles. The van der Waals surface area contributed by atoms with Crippen molar-refractivity contribution >= 4 is 40.8 Å². The van der Waals surface area contributed by atoms with Gasteiger partial charge in [-0.15, -0.1) is 0 Å². The largest absolute Gasteiger partial charge is 0.417 e. The normalized spacial score (nSPS) is 15.1. The Kier molecular flexibility index (Phi) is 7.71. The summed E-state index contributed by atoms with van der Waals surface area (Å²) in [5.41, 5.74) is 1.15. The molecule has 2 aromatic carbocycles. The van der Waals surface area contributed by atoms with Gasteiger partial charge in [0.15, 0.2) is 0 Å². The summed E-state index contributed by atoms with van der Waals surface area (Å²) in [7, 11) is 0. The summed E-state index contributed by atoms with van der Waals surface area (Å²) in [4.78, 5) is 49.1. The molecule has 208 valence electrons. The smallest absolute Gasteiger partial charge is 0.323 e. The number of alkyl halides is 3. The second-order valence-corrected chi connectivity index (χ2v) is 9.67. The Morgan fingerprint density at radius 2 is 1.78 bits per heavy atom. The Balaban J connectivity index is 1.37. The first kappa shape index (κ1) is 27.8. The van der Waals surface area contributed by atoms with Crippen LogP contribution < -0.4 is 10.6 Å². The predicted molar refractivity (Wildman–Crippen MR) is 145 cm³/mol. The second kappa shape index (κ2) is 11.4. The molecule has 12 heteroatoms. The molecule has 0 fully saturated rings. The topological polar surface area (TPSA) is 104 Å². The molecule has 1 unspecified atom stereocenters. The van der Waals surface area contributed by atoms with Crippen LogP contribution >= 0.6 is 11.6 Å². The molecule has 1 atom stereocenters. The molecule has 2 aromatic heterocycles. The molecule has 4 aromatic rings. The highest BCUT2D eigenvalue weighted by atomic mass is 35.5. The van der Waals surface area contributed by atoms with Crippen molar-refractivity contribution < 1.29 is 27.6 Å². The van der Waals surface area contributed by atoms with Gasteiger partial charge in [0.25, 0.3) is 11.8 Å². The zero-order valence-corrected chi connectivity index (χ0v) is 21.9. The molecule has 5 rings (SSSR count).